The largest absolute Gasteiger partial charge is 0.352 e. The maximum Gasteiger partial charge on any atom is 0.201 e. The predicted molar refractivity (Wildman–Crippen MR) is 74.8 cm³/mol. The average molecular weight is 276 g/mol. The fourth-order valence-electron chi connectivity index (χ4n) is 1.85. The molecule has 96 valence electrons. The summed E-state index contributed by atoms with van der Waals surface area (Å²) in [6.45, 7) is 0.624. The molecule has 0 saturated heterocycles. The summed E-state index contributed by atoms with van der Waals surface area (Å²) in [5, 5.41) is 3.87. The van der Waals surface area contributed by atoms with Gasteiger partial charge in [0.1, 0.15) is 5.82 Å². The zero-order chi connectivity index (χ0) is 13.2. The van der Waals surface area contributed by atoms with Crippen LogP contribution in [0.2, 0.25) is 5.02 Å². The van der Waals surface area contributed by atoms with Crippen molar-refractivity contribution in [2.45, 2.75) is 6.54 Å². The zero-order valence-corrected chi connectivity index (χ0v) is 10.7. The van der Waals surface area contributed by atoms with Gasteiger partial charge in [0.05, 0.1) is 11.0 Å². The molecule has 0 atom stereocenters. The van der Waals surface area contributed by atoms with Gasteiger partial charge in [0.2, 0.25) is 5.95 Å². The molecular weight excluding hydrogens is 265 g/mol. The Morgan fingerprint density at radius 2 is 1.95 bits per heavy atom. The first-order chi connectivity index (χ1) is 9.20. The number of H-pyrrole nitrogens is 1. The topological polar surface area (TPSA) is 40.7 Å². The Labute approximate surface area is 114 Å². The van der Waals surface area contributed by atoms with Crippen LogP contribution < -0.4 is 5.32 Å². The quantitative estimate of drug-likeness (QED) is 0.759. The highest BCUT2D eigenvalue weighted by atomic mass is 35.5. The molecule has 0 amide bonds. The number of imidazole rings is 1. The van der Waals surface area contributed by atoms with Crippen molar-refractivity contribution < 1.29 is 4.39 Å². The van der Waals surface area contributed by atoms with E-state index in [1.807, 2.05) is 24.3 Å². The van der Waals surface area contributed by atoms with Crippen LogP contribution in [0.4, 0.5) is 10.3 Å². The van der Waals surface area contributed by atoms with Gasteiger partial charge < -0.3 is 10.3 Å². The van der Waals surface area contributed by atoms with Crippen LogP contribution in [-0.2, 0) is 6.54 Å². The first kappa shape index (κ1) is 12.0. The minimum Gasteiger partial charge on any atom is -0.352 e. The van der Waals surface area contributed by atoms with Gasteiger partial charge in [-0.15, -0.1) is 0 Å². The molecule has 3 aromatic rings. The summed E-state index contributed by atoms with van der Waals surface area (Å²) < 4.78 is 13.1. The summed E-state index contributed by atoms with van der Waals surface area (Å²) >= 11 is 5.82. The monoisotopic (exact) mass is 275 g/mol. The SMILES string of the molecule is Fc1ccc2nc(NCc3ccc(Cl)cc3)[nH]c2c1. The van der Waals surface area contributed by atoms with Gasteiger partial charge in [-0.1, -0.05) is 23.7 Å². The van der Waals surface area contributed by atoms with Crippen LogP contribution in [0.5, 0.6) is 0 Å². The molecular formula is C14H11ClFN3. The maximum absolute atomic E-state index is 13.1. The van der Waals surface area contributed by atoms with Gasteiger partial charge in [-0.05, 0) is 35.9 Å². The van der Waals surface area contributed by atoms with Crippen molar-refractivity contribution in [3.8, 4) is 0 Å². The van der Waals surface area contributed by atoms with Crippen LogP contribution >= 0.6 is 11.6 Å². The van der Waals surface area contributed by atoms with Crippen LogP contribution in [-0.4, -0.2) is 9.97 Å². The van der Waals surface area contributed by atoms with E-state index in [1.165, 1.54) is 12.1 Å². The maximum atomic E-state index is 13.1. The molecule has 3 rings (SSSR count). The van der Waals surface area contributed by atoms with Crippen LogP contribution in [0.15, 0.2) is 42.5 Å². The normalized spacial score (nSPS) is 10.8. The van der Waals surface area contributed by atoms with E-state index in [4.69, 9.17) is 11.6 Å². The lowest BCUT2D eigenvalue weighted by Gasteiger charge is -2.02. The number of rotatable bonds is 3. The standard InChI is InChI=1S/C14H11ClFN3/c15-10-3-1-9(2-4-10)8-17-14-18-12-6-5-11(16)7-13(12)19-14/h1-7H,8H2,(H2,17,18,19). The third-order valence-corrected chi connectivity index (χ3v) is 3.07. The second-order valence-corrected chi connectivity index (χ2v) is 4.66. The number of anilines is 1. The Balaban J connectivity index is 1.76. The Kier molecular flexibility index (Phi) is 3.09. The second-order valence-electron chi connectivity index (χ2n) is 4.23. The summed E-state index contributed by atoms with van der Waals surface area (Å²) in [6.07, 6.45) is 0. The lowest BCUT2D eigenvalue weighted by atomic mass is 10.2. The number of hydrogen-bond acceptors (Lipinski definition) is 2. The molecule has 0 radical (unpaired) electrons. The van der Waals surface area contributed by atoms with Gasteiger partial charge in [-0.2, -0.15) is 0 Å². The summed E-state index contributed by atoms with van der Waals surface area (Å²) in [6, 6.07) is 12.0. The van der Waals surface area contributed by atoms with Crippen molar-refractivity contribution in [2.24, 2.45) is 0 Å². The van der Waals surface area contributed by atoms with E-state index >= 15 is 0 Å². The summed E-state index contributed by atoms with van der Waals surface area (Å²) in [7, 11) is 0. The van der Waals surface area contributed by atoms with Gasteiger partial charge in [-0.3, -0.25) is 0 Å². The summed E-state index contributed by atoms with van der Waals surface area (Å²) in [5.41, 5.74) is 2.51. The molecule has 1 heterocycles. The highest BCUT2D eigenvalue weighted by Crippen LogP contribution is 2.16. The number of nitrogens with zero attached hydrogens (tertiary/aromatic N) is 1. The smallest absolute Gasteiger partial charge is 0.201 e. The fourth-order valence-corrected chi connectivity index (χ4v) is 1.98. The van der Waals surface area contributed by atoms with Gasteiger partial charge in [0.25, 0.3) is 0 Å². The molecule has 0 aliphatic rings. The van der Waals surface area contributed by atoms with Crippen molar-refractivity contribution in [1.29, 1.82) is 0 Å². The Hall–Kier alpha value is -2.07. The van der Waals surface area contributed by atoms with Crippen LogP contribution in [0.25, 0.3) is 11.0 Å². The van der Waals surface area contributed by atoms with Gasteiger partial charge in [0, 0.05) is 11.6 Å². The number of aromatic amines is 1. The van der Waals surface area contributed by atoms with E-state index < -0.39 is 0 Å². The third-order valence-electron chi connectivity index (χ3n) is 2.82. The highest BCUT2D eigenvalue weighted by Gasteiger charge is 2.03. The first-order valence-corrected chi connectivity index (χ1v) is 6.22. The Morgan fingerprint density at radius 3 is 2.74 bits per heavy atom. The second kappa shape index (κ2) is 4.90. The van der Waals surface area contributed by atoms with E-state index in [2.05, 4.69) is 15.3 Å². The minimum absolute atomic E-state index is 0.277. The van der Waals surface area contributed by atoms with Gasteiger partial charge in [-0.25, -0.2) is 9.37 Å². The van der Waals surface area contributed by atoms with E-state index in [9.17, 15) is 4.39 Å². The Bertz CT molecular complexity index is 706. The summed E-state index contributed by atoms with van der Waals surface area (Å²) in [4.78, 5) is 7.36. The first-order valence-electron chi connectivity index (χ1n) is 5.84. The number of benzene rings is 2. The molecule has 1 aromatic heterocycles. The lowest BCUT2D eigenvalue weighted by molar-refractivity contribution is 0.629. The molecule has 0 fully saturated rings. The minimum atomic E-state index is -0.277. The molecule has 3 nitrogen and oxygen atoms in total. The zero-order valence-electron chi connectivity index (χ0n) is 9.95. The predicted octanol–water partition coefficient (Wildman–Crippen LogP) is 3.97. The van der Waals surface area contributed by atoms with Crippen molar-refractivity contribution in [1.82, 2.24) is 9.97 Å². The van der Waals surface area contributed by atoms with E-state index in [1.54, 1.807) is 6.07 Å². The number of hydrogen-bond donors (Lipinski definition) is 2. The van der Waals surface area contributed by atoms with Gasteiger partial charge in [0.15, 0.2) is 0 Å². The van der Waals surface area contributed by atoms with E-state index in [-0.39, 0.29) is 5.82 Å². The molecule has 0 aliphatic carbocycles. The average Bonchev–Trinajstić information content (AvgIpc) is 2.80. The van der Waals surface area contributed by atoms with Gasteiger partial charge >= 0.3 is 0 Å². The third kappa shape index (κ3) is 2.69. The lowest BCUT2D eigenvalue weighted by Crippen LogP contribution is -2.00. The molecule has 19 heavy (non-hydrogen) atoms. The molecule has 0 aliphatic heterocycles. The molecule has 2 N–H and O–H groups in total. The van der Waals surface area contributed by atoms with Crippen LogP contribution in [0.1, 0.15) is 5.56 Å². The fraction of sp³-hybridized carbons (Fsp3) is 0.0714. The molecule has 0 spiro atoms. The van der Waals surface area contributed by atoms with Crippen molar-refractivity contribution >= 4 is 28.6 Å². The van der Waals surface area contributed by atoms with E-state index in [0.29, 0.717) is 23.0 Å². The summed E-state index contributed by atoms with van der Waals surface area (Å²) in [5.74, 6) is 0.343. The molecule has 0 unspecified atom stereocenters. The van der Waals surface area contributed by atoms with Crippen molar-refractivity contribution in [2.75, 3.05) is 5.32 Å². The van der Waals surface area contributed by atoms with Crippen LogP contribution in [0, 0.1) is 5.82 Å². The number of nitrogens with one attached hydrogen (secondary N) is 2. The van der Waals surface area contributed by atoms with Crippen LogP contribution in [0.3, 0.4) is 0 Å². The molecule has 0 bridgehead atoms. The molecule has 0 saturated carbocycles. The molecule has 2 aromatic carbocycles. The number of fused-ring (bicyclic) bond motifs is 1. The number of halogens is 2. The Morgan fingerprint density at radius 1 is 1.16 bits per heavy atom. The van der Waals surface area contributed by atoms with Crippen molar-refractivity contribution in [3.05, 3.63) is 58.9 Å². The highest BCUT2D eigenvalue weighted by molar-refractivity contribution is 6.30. The molecule has 5 heteroatoms. The van der Waals surface area contributed by atoms with Crippen molar-refractivity contribution in [3.63, 3.8) is 0 Å². The van der Waals surface area contributed by atoms with E-state index in [0.717, 1.165) is 11.1 Å². The number of aromatic nitrogens is 2.